The van der Waals surface area contributed by atoms with Gasteiger partial charge < -0.3 is 4.90 Å². The number of halogens is 2. The smallest absolute Gasteiger partial charge is 0.256 e. The Morgan fingerprint density at radius 2 is 1.89 bits per heavy atom. The average molecular weight is 411 g/mol. The topological polar surface area (TPSA) is 20.3 Å². The molecule has 0 fully saturated rings. The van der Waals surface area contributed by atoms with Crippen molar-refractivity contribution >= 4 is 49.1 Å². The Labute approximate surface area is 136 Å². The first-order valence-corrected chi connectivity index (χ1v) is 9.06. The molecular weight excluding hydrogens is 390 g/mol. The minimum absolute atomic E-state index is 0.135. The van der Waals surface area contributed by atoms with Gasteiger partial charge in [0.05, 0.1) is 13.1 Å². The van der Waals surface area contributed by atoms with Crippen LogP contribution in [0.15, 0.2) is 13.6 Å². The number of rotatable bonds is 6. The summed E-state index contributed by atoms with van der Waals surface area (Å²) in [7, 11) is 0. The molecule has 1 rings (SSSR count). The number of thiophene rings is 1. The van der Waals surface area contributed by atoms with Gasteiger partial charge in [0.15, 0.2) is 0 Å². The first-order valence-electron chi connectivity index (χ1n) is 6.66. The van der Waals surface area contributed by atoms with E-state index >= 15 is 0 Å². The number of hydrogen-bond donors (Lipinski definition) is 0. The van der Waals surface area contributed by atoms with E-state index in [1.807, 2.05) is 11.0 Å². The third kappa shape index (κ3) is 4.57. The maximum Gasteiger partial charge on any atom is 0.256 e. The van der Waals surface area contributed by atoms with Crippen molar-refractivity contribution in [1.29, 1.82) is 0 Å². The van der Waals surface area contributed by atoms with Gasteiger partial charge in [-0.25, -0.2) is 0 Å². The standard InChI is InChI=1S/C14H21Br2NOS/c1-5-10(6-2)17(8-9(3)4)14(18)11-7-12(15)19-13(11)16/h7,9-10H,5-6,8H2,1-4H3. The van der Waals surface area contributed by atoms with Crippen LogP contribution in [0.3, 0.4) is 0 Å². The third-order valence-corrected chi connectivity index (χ3v) is 5.43. The number of nitrogens with zero attached hydrogens (tertiary/aromatic N) is 1. The second-order valence-corrected chi connectivity index (χ2v) is 8.81. The predicted molar refractivity (Wildman–Crippen MR) is 90.0 cm³/mol. The van der Waals surface area contributed by atoms with Crippen LogP contribution in [0.5, 0.6) is 0 Å². The Bertz CT molecular complexity index is 427. The number of amides is 1. The van der Waals surface area contributed by atoms with Crippen LogP contribution in [0.2, 0.25) is 0 Å². The molecule has 0 spiro atoms. The van der Waals surface area contributed by atoms with Crippen LogP contribution in [0.1, 0.15) is 50.9 Å². The highest BCUT2D eigenvalue weighted by molar-refractivity contribution is 9.12. The Morgan fingerprint density at radius 3 is 2.26 bits per heavy atom. The zero-order valence-corrected chi connectivity index (χ0v) is 15.9. The fraction of sp³-hybridized carbons (Fsp3) is 0.643. The molecule has 19 heavy (non-hydrogen) atoms. The Kier molecular flexibility index (Phi) is 7.05. The van der Waals surface area contributed by atoms with Gasteiger partial charge in [-0.05, 0) is 56.7 Å². The maximum absolute atomic E-state index is 12.8. The maximum atomic E-state index is 12.8. The highest BCUT2D eigenvalue weighted by Gasteiger charge is 2.25. The normalized spacial score (nSPS) is 11.4. The molecule has 1 aromatic heterocycles. The van der Waals surface area contributed by atoms with Crippen molar-refractivity contribution < 1.29 is 4.79 Å². The molecule has 0 unspecified atom stereocenters. The molecule has 0 saturated heterocycles. The molecule has 0 N–H and O–H groups in total. The number of hydrogen-bond acceptors (Lipinski definition) is 2. The largest absolute Gasteiger partial charge is 0.335 e. The quantitative estimate of drug-likeness (QED) is 0.600. The van der Waals surface area contributed by atoms with Gasteiger partial charge in [-0.3, -0.25) is 4.79 Å². The SMILES string of the molecule is CCC(CC)N(CC(C)C)C(=O)c1cc(Br)sc1Br. The Hall–Kier alpha value is 0.130. The van der Waals surface area contributed by atoms with Crippen LogP contribution in [-0.4, -0.2) is 23.4 Å². The van der Waals surface area contributed by atoms with Gasteiger partial charge in [0.1, 0.15) is 0 Å². The van der Waals surface area contributed by atoms with Gasteiger partial charge in [0.25, 0.3) is 5.91 Å². The van der Waals surface area contributed by atoms with Crippen molar-refractivity contribution in [2.45, 2.75) is 46.6 Å². The molecule has 0 aliphatic heterocycles. The van der Waals surface area contributed by atoms with E-state index < -0.39 is 0 Å². The monoisotopic (exact) mass is 409 g/mol. The highest BCUT2D eigenvalue weighted by Crippen LogP contribution is 2.33. The van der Waals surface area contributed by atoms with Crippen LogP contribution < -0.4 is 0 Å². The van der Waals surface area contributed by atoms with Crippen LogP contribution >= 0.6 is 43.2 Å². The molecule has 0 radical (unpaired) electrons. The lowest BCUT2D eigenvalue weighted by Crippen LogP contribution is -2.42. The molecule has 0 saturated carbocycles. The van der Waals surface area contributed by atoms with Gasteiger partial charge in [-0.1, -0.05) is 27.7 Å². The first-order chi connectivity index (χ1) is 8.90. The summed E-state index contributed by atoms with van der Waals surface area (Å²) in [5.74, 6) is 0.613. The molecule has 1 aromatic rings. The Balaban J connectivity index is 3.03. The Morgan fingerprint density at radius 1 is 1.32 bits per heavy atom. The van der Waals surface area contributed by atoms with E-state index in [1.54, 1.807) is 11.3 Å². The fourth-order valence-corrected chi connectivity index (χ4v) is 4.94. The van der Waals surface area contributed by atoms with Crippen molar-refractivity contribution in [1.82, 2.24) is 4.90 Å². The first kappa shape index (κ1) is 17.2. The zero-order valence-electron chi connectivity index (χ0n) is 11.9. The lowest BCUT2D eigenvalue weighted by Gasteiger charge is -2.32. The van der Waals surface area contributed by atoms with Crippen LogP contribution in [-0.2, 0) is 0 Å². The van der Waals surface area contributed by atoms with Crippen LogP contribution in [0, 0.1) is 5.92 Å². The lowest BCUT2D eigenvalue weighted by atomic mass is 10.1. The molecule has 5 heteroatoms. The molecule has 108 valence electrons. The molecule has 2 nitrogen and oxygen atoms in total. The zero-order chi connectivity index (χ0) is 14.6. The summed E-state index contributed by atoms with van der Waals surface area (Å²) < 4.78 is 1.89. The summed E-state index contributed by atoms with van der Waals surface area (Å²) in [6.07, 6.45) is 2.00. The lowest BCUT2D eigenvalue weighted by molar-refractivity contribution is 0.0640. The second-order valence-electron chi connectivity index (χ2n) is 5.06. The molecular formula is C14H21Br2NOS. The molecule has 1 amide bonds. The van der Waals surface area contributed by atoms with Crippen LogP contribution in [0.25, 0.3) is 0 Å². The van der Waals surface area contributed by atoms with Gasteiger partial charge in [-0.2, -0.15) is 0 Å². The molecule has 0 aliphatic carbocycles. The van der Waals surface area contributed by atoms with Gasteiger partial charge in [0, 0.05) is 12.6 Å². The predicted octanol–water partition coefficient (Wildman–Crippen LogP) is 5.56. The van der Waals surface area contributed by atoms with Crippen LogP contribution in [0.4, 0.5) is 0 Å². The van der Waals surface area contributed by atoms with E-state index in [4.69, 9.17) is 0 Å². The van der Waals surface area contributed by atoms with Crippen molar-refractivity contribution in [3.05, 3.63) is 19.2 Å². The average Bonchev–Trinajstić information content (AvgIpc) is 2.67. The summed E-state index contributed by atoms with van der Waals surface area (Å²) in [6, 6.07) is 2.23. The van der Waals surface area contributed by atoms with Gasteiger partial charge in [0.2, 0.25) is 0 Å². The highest BCUT2D eigenvalue weighted by atomic mass is 79.9. The van der Waals surface area contributed by atoms with E-state index in [0.717, 1.165) is 32.5 Å². The summed E-state index contributed by atoms with van der Waals surface area (Å²) in [6.45, 7) is 9.41. The molecule has 0 aliphatic rings. The van der Waals surface area contributed by atoms with Crippen molar-refractivity contribution in [2.75, 3.05) is 6.54 Å². The fourth-order valence-electron chi connectivity index (χ4n) is 2.16. The molecule has 0 bridgehead atoms. The van der Waals surface area contributed by atoms with Gasteiger partial charge >= 0.3 is 0 Å². The minimum Gasteiger partial charge on any atom is -0.335 e. The second kappa shape index (κ2) is 7.79. The van der Waals surface area contributed by atoms with E-state index in [0.29, 0.717) is 12.0 Å². The third-order valence-electron chi connectivity index (χ3n) is 3.09. The summed E-state index contributed by atoms with van der Waals surface area (Å²) in [5.41, 5.74) is 0.768. The molecule has 0 aromatic carbocycles. The minimum atomic E-state index is 0.135. The number of carbonyl (C=O) groups excluding carboxylic acids is 1. The summed E-state index contributed by atoms with van der Waals surface area (Å²) in [5, 5.41) is 0. The van der Waals surface area contributed by atoms with E-state index in [1.165, 1.54) is 0 Å². The molecule has 1 heterocycles. The summed E-state index contributed by atoms with van der Waals surface area (Å²) >= 11 is 8.47. The number of carbonyl (C=O) groups is 1. The van der Waals surface area contributed by atoms with E-state index in [-0.39, 0.29) is 5.91 Å². The summed E-state index contributed by atoms with van der Waals surface area (Å²) in [4.78, 5) is 14.8. The van der Waals surface area contributed by atoms with E-state index in [2.05, 4.69) is 59.6 Å². The van der Waals surface area contributed by atoms with Crippen molar-refractivity contribution in [3.8, 4) is 0 Å². The van der Waals surface area contributed by atoms with Crippen molar-refractivity contribution in [2.24, 2.45) is 5.92 Å². The molecule has 0 atom stereocenters. The van der Waals surface area contributed by atoms with E-state index in [9.17, 15) is 4.79 Å². The van der Waals surface area contributed by atoms with Gasteiger partial charge in [-0.15, -0.1) is 11.3 Å². The van der Waals surface area contributed by atoms with Crippen molar-refractivity contribution in [3.63, 3.8) is 0 Å².